The summed E-state index contributed by atoms with van der Waals surface area (Å²) in [6.07, 6.45) is 5.18. The molecule has 1 aromatic heterocycles. The van der Waals surface area contributed by atoms with Gasteiger partial charge in [0.25, 0.3) is 5.91 Å². The van der Waals surface area contributed by atoms with Gasteiger partial charge in [-0.2, -0.15) is 0 Å². The number of nitrogens with zero attached hydrogens (tertiary/aromatic N) is 1. The number of hydrogen-bond donors (Lipinski definition) is 1. The maximum absolute atomic E-state index is 12.8. The fraction of sp³-hybridized carbons (Fsp3) is 0.550. The summed E-state index contributed by atoms with van der Waals surface area (Å²) in [7, 11) is 0. The number of benzene rings is 1. The lowest BCUT2D eigenvalue weighted by molar-refractivity contribution is -0.160. The molecule has 1 N–H and O–H groups in total. The third kappa shape index (κ3) is 3.75. The van der Waals surface area contributed by atoms with Crippen LogP contribution in [-0.2, 0) is 14.3 Å². The average Bonchev–Trinajstić information content (AvgIpc) is 3.36. The second-order valence-corrected chi connectivity index (χ2v) is 8.44. The number of carbonyl (C=O) groups is 2. The Bertz CT molecular complexity index is 781. The molecule has 2 aliphatic carbocycles. The Kier molecular flexibility index (Phi) is 4.94. The fourth-order valence-electron chi connectivity index (χ4n) is 3.62. The van der Waals surface area contributed by atoms with Crippen molar-refractivity contribution in [2.75, 3.05) is 0 Å². The summed E-state index contributed by atoms with van der Waals surface area (Å²) in [4.78, 5) is 29.6. The monoisotopic (exact) mass is 372 g/mol. The first-order valence-corrected chi connectivity index (χ1v) is 10.3. The number of fused-ring (bicyclic) bond motifs is 1. The summed E-state index contributed by atoms with van der Waals surface area (Å²) in [5.74, 6) is -0.562. The minimum atomic E-state index is -0.735. The molecule has 2 aromatic rings. The highest BCUT2D eigenvalue weighted by Crippen LogP contribution is 2.41. The van der Waals surface area contributed by atoms with Gasteiger partial charge in [0.05, 0.1) is 21.1 Å². The van der Waals surface area contributed by atoms with Crippen molar-refractivity contribution in [3.05, 3.63) is 29.3 Å². The Balaban J connectivity index is 1.47. The molecule has 2 fully saturated rings. The van der Waals surface area contributed by atoms with Gasteiger partial charge in [-0.25, -0.2) is 4.98 Å². The molecule has 138 valence electrons. The molecular weight excluding hydrogens is 348 g/mol. The Morgan fingerprint density at radius 2 is 1.96 bits per heavy atom. The normalized spacial score (nSPS) is 24.2. The van der Waals surface area contributed by atoms with E-state index in [1.165, 1.54) is 0 Å². The molecule has 1 amide bonds. The lowest BCUT2D eigenvalue weighted by Crippen LogP contribution is -2.39. The summed E-state index contributed by atoms with van der Waals surface area (Å²) in [6.45, 7) is 1.66. The Morgan fingerprint density at radius 3 is 2.73 bits per heavy atom. The van der Waals surface area contributed by atoms with E-state index in [1.54, 1.807) is 18.3 Å². The van der Waals surface area contributed by atoms with E-state index >= 15 is 0 Å². The van der Waals surface area contributed by atoms with Crippen molar-refractivity contribution in [3.63, 3.8) is 0 Å². The molecule has 1 heterocycles. The fourth-order valence-corrected chi connectivity index (χ4v) is 4.79. The van der Waals surface area contributed by atoms with Gasteiger partial charge in [-0.3, -0.25) is 9.59 Å². The number of thiazole rings is 1. The largest absolute Gasteiger partial charge is 0.452 e. The van der Waals surface area contributed by atoms with Crippen LogP contribution in [0.3, 0.4) is 0 Å². The number of esters is 1. The summed E-state index contributed by atoms with van der Waals surface area (Å²) < 4.78 is 6.68. The van der Waals surface area contributed by atoms with Crippen LogP contribution < -0.4 is 5.32 Å². The molecule has 26 heavy (non-hydrogen) atoms. The van der Waals surface area contributed by atoms with Crippen molar-refractivity contribution in [1.29, 1.82) is 0 Å². The number of ether oxygens (including phenoxy) is 1. The summed E-state index contributed by atoms with van der Waals surface area (Å²) >= 11 is 1.67. The Labute approximate surface area is 157 Å². The Hall–Kier alpha value is -1.95. The molecule has 3 atom stereocenters. The zero-order valence-corrected chi connectivity index (χ0v) is 15.8. The van der Waals surface area contributed by atoms with Crippen LogP contribution in [0, 0.1) is 5.92 Å². The molecule has 2 saturated carbocycles. The topological polar surface area (TPSA) is 68.3 Å². The van der Waals surface area contributed by atoms with Gasteiger partial charge in [0.1, 0.15) is 0 Å². The first-order valence-electron chi connectivity index (χ1n) is 9.48. The minimum Gasteiger partial charge on any atom is -0.452 e. The molecule has 0 unspecified atom stereocenters. The zero-order chi connectivity index (χ0) is 18.1. The van der Waals surface area contributed by atoms with Gasteiger partial charge >= 0.3 is 5.97 Å². The standard InChI is InChI=1S/C20H24N2O3S/c1-12(18(23)21-13-10-11-13)25-20(24)15-7-3-2-6-14(15)19-22-16-8-4-5-9-17(16)26-19/h4-5,8-9,12-15H,2-3,6-7,10-11H2,1H3,(H,21,23)/t12-,14-,15-/m0/s1. The van der Waals surface area contributed by atoms with Crippen molar-refractivity contribution in [1.82, 2.24) is 10.3 Å². The third-order valence-electron chi connectivity index (χ3n) is 5.28. The summed E-state index contributed by atoms with van der Waals surface area (Å²) in [5.41, 5.74) is 0.988. The lowest BCUT2D eigenvalue weighted by Gasteiger charge is -2.29. The maximum atomic E-state index is 12.8. The molecule has 4 rings (SSSR count). The van der Waals surface area contributed by atoms with Crippen molar-refractivity contribution in [2.24, 2.45) is 5.92 Å². The van der Waals surface area contributed by atoms with Crippen molar-refractivity contribution in [3.8, 4) is 0 Å². The van der Waals surface area contributed by atoms with Crippen LogP contribution in [-0.4, -0.2) is 29.0 Å². The first kappa shape index (κ1) is 17.5. The first-order chi connectivity index (χ1) is 12.6. The van der Waals surface area contributed by atoms with Gasteiger partial charge in [-0.05, 0) is 44.7 Å². The van der Waals surface area contributed by atoms with Crippen LogP contribution in [0.2, 0.25) is 0 Å². The van der Waals surface area contributed by atoms with Crippen LogP contribution in [0.5, 0.6) is 0 Å². The third-order valence-corrected chi connectivity index (χ3v) is 6.45. The molecule has 0 saturated heterocycles. The lowest BCUT2D eigenvalue weighted by atomic mass is 9.79. The zero-order valence-electron chi connectivity index (χ0n) is 14.9. The predicted molar refractivity (Wildman–Crippen MR) is 101 cm³/mol. The number of hydrogen-bond acceptors (Lipinski definition) is 5. The van der Waals surface area contributed by atoms with Gasteiger partial charge < -0.3 is 10.1 Å². The molecule has 5 nitrogen and oxygen atoms in total. The molecule has 0 radical (unpaired) electrons. The quantitative estimate of drug-likeness (QED) is 0.811. The van der Waals surface area contributed by atoms with Gasteiger partial charge in [0.2, 0.25) is 0 Å². The predicted octanol–water partition coefficient (Wildman–Crippen LogP) is 3.78. The van der Waals surface area contributed by atoms with E-state index in [4.69, 9.17) is 9.72 Å². The van der Waals surface area contributed by atoms with Crippen LogP contribution in [0.1, 0.15) is 56.4 Å². The number of aromatic nitrogens is 1. The highest BCUT2D eigenvalue weighted by Gasteiger charge is 2.37. The highest BCUT2D eigenvalue weighted by molar-refractivity contribution is 7.18. The molecule has 6 heteroatoms. The number of para-hydroxylation sites is 1. The SMILES string of the molecule is C[C@H](OC(=O)[C@H]1CCCC[C@@H]1c1nc2ccccc2s1)C(=O)NC1CC1. The van der Waals surface area contributed by atoms with Crippen LogP contribution in [0.25, 0.3) is 10.2 Å². The molecule has 0 bridgehead atoms. The average molecular weight is 372 g/mol. The Morgan fingerprint density at radius 1 is 1.19 bits per heavy atom. The summed E-state index contributed by atoms with van der Waals surface area (Å²) in [6, 6.07) is 8.34. The van der Waals surface area contributed by atoms with Gasteiger partial charge in [0.15, 0.2) is 6.10 Å². The van der Waals surface area contributed by atoms with Gasteiger partial charge in [0, 0.05) is 12.0 Å². The minimum absolute atomic E-state index is 0.0901. The van der Waals surface area contributed by atoms with E-state index in [1.807, 2.05) is 18.2 Å². The van der Waals surface area contributed by atoms with E-state index in [-0.39, 0.29) is 29.8 Å². The van der Waals surface area contributed by atoms with Crippen LogP contribution >= 0.6 is 11.3 Å². The molecule has 2 aliphatic rings. The second kappa shape index (κ2) is 7.35. The van der Waals surface area contributed by atoms with Crippen molar-refractivity contribution < 1.29 is 14.3 Å². The van der Waals surface area contributed by atoms with Crippen molar-refractivity contribution in [2.45, 2.75) is 63.5 Å². The van der Waals surface area contributed by atoms with Crippen LogP contribution in [0.4, 0.5) is 0 Å². The van der Waals surface area contributed by atoms with Crippen LogP contribution in [0.15, 0.2) is 24.3 Å². The van der Waals surface area contributed by atoms with E-state index in [0.29, 0.717) is 0 Å². The van der Waals surface area contributed by atoms with E-state index < -0.39 is 6.10 Å². The van der Waals surface area contributed by atoms with Gasteiger partial charge in [-0.15, -0.1) is 11.3 Å². The summed E-state index contributed by atoms with van der Waals surface area (Å²) in [5, 5.41) is 3.91. The van der Waals surface area contributed by atoms with E-state index in [0.717, 1.165) is 53.7 Å². The van der Waals surface area contributed by atoms with E-state index in [9.17, 15) is 9.59 Å². The maximum Gasteiger partial charge on any atom is 0.310 e. The number of nitrogens with one attached hydrogen (secondary N) is 1. The van der Waals surface area contributed by atoms with Crippen molar-refractivity contribution >= 4 is 33.4 Å². The molecule has 0 aliphatic heterocycles. The number of carbonyl (C=O) groups excluding carboxylic acids is 2. The molecule has 1 aromatic carbocycles. The number of amides is 1. The molecular formula is C20H24N2O3S. The molecule has 0 spiro atoms. The number of rotatable bonds is 5. The highest BCUT2D eigenvalue weighted by atomic mass is 32.1. The second-order valence-electron chi connectivity index (χ2n) is 7.38. The smallest absolute Gasteiger partial charge is 0.310 e. The van der Waals surface area contributed by atoms with E-state index in [2.05, 4.69) is 11.4 Å². The van der Waals surface area contributed by atoms with Gasteiger partial charge in [-0.1, -0.05) is 25.0 Å².